The van der Waals surface area contributed by atoms with Gasteiger partial charge in [0.2, 0.25) is 0 Å². The molecule has 0 saturated carbocycles. The Bertz CT molecular complexity index is 549. The average molecular weight is 309 g/mol. The van der Waals surface area contributed by atoms with Gasteiger partial charge in [0.1, 0.15) is 5.75 Å². The molecule has 0 aliphatic rings. The molecule has 0 spiro atoms. The van der Waals surface area contributed by atoms with E-state index in [1.165, 1.54) is 11.3 Å². The molecule has 0 fully saturated rings. The predicted octanol–water partition coefficient (Wildman–Crippen LogP) is 3.48. The minimum absolute atomic E-state index is 0.845. The Morgan fingerprint density at radius 1 is 1.33 bits per heavy atom. The van der Waals surface area contributed by atoms with E-state index in [9.17, 15) is 0 Å². The Morgan fingerprint density at radius 2 is 2.11 bits per heavy atom. The van der Waals surface area contributed by atoms with Crippen LogP contribution in [0.1, 0.15) is 11.3 Å². The molecule has 0 atom stereocenters. The minimum Gasteiger partial charge on any atom is -0.496 e. The maximum Gasteiger partial charge on any atom is 0.133 e. The number of nitrogens with one attached hydrogen (secondary N) is 2. The van der Waals surface area contributed by atoms with Gasteiger partial charge >= 0.3 is 0 Å². The molecule has 18 heavy (non-hydrogen) atoms. The van der Waals surface area contributed by atoms with Gasteiger partial charge in [-0.25, -0.2) is 0 Å². The van der Waals surface area contributed by atoms with E-state index in [2.05, 4.69) is 51.4 Å². The van der Waals surface area contributed by atoms with E-state index >= 15 is 0 Å². The molecule has 3 nitrogen and oxygen atoms in total. The van der Waals surface area contributed by atoms with Gasteiger partial charge in [-0.15, -0.1) is 0 Å². The highest BCUT2D eigenvalue weighted by atomic mass is 79.9. The number of methoxy groups -OCH3 is 1. The van der Waals surface area contributed by atoms with Gasteiger partial charge in [-0.05, 0) is 65.3 Å². The fourth-order valence-corrected chi connectivity index (χ4v) is 2.50. The molecule has 96 valence electrons. The molecular weight excluding hydrogens is 292 g/mol. The number of H-pyrrole nitrogens is 1. The molecule has 0 aliphatic heterocycles. The second kappa shape index (κ2) is 5.59. The molecule has 1 aromatic carbocycles. The third-order valence-corrected chi connectivity index (χ3v) is 3.57. The Kier molecular flexibility index (Phi) is 4.09. The molecule has 4 heteroatoms. The summed E-state index contributed by atoms with van der Waals surface area (Å²) in [6.45, 7) is 2.97. The fraction of sp³-hybridized carbons (Fsp3) is 0.286. The molecule has 1 heterocycles. The van der Waals surface area contributed by atoms with Crippen LogP contribution in [0.15, 0.2) is 28.7 Å². The van der Waals surface area contributed by atoms with Crippen molar-refractivity contribution in [2.45, 2.75) is 13.5 Å². The minimum atomic E-state index is 0.845. The number of ether oxygens (including phenoxy) is 1. The lowest BCUT2D eigenvalue weighted by molar-refractivity contribution is 0.412. The van der Waals surface area contributed by atoms with E-state index in [-0.39, 0.29) is 0 Å². The van der Waals surface area contributed by atoms with Crippen molar-refractivity contribution >= 4 is 15.9 Å². The number of aromatic nitrogens is 1. The molecular formula is C14H17BrN2O. The highest BCUT2D eigenvalue weighted by Gasteiger charge is 2.08. The molecule has 0 radical (unpaired) electrons. The van der Waals surface area contributed by atoms with Crippen molar-refractivity contribution in [1.82, 2.24) is 10.3 Å². The summed E-state index contributed by atoms with van der Waals surface area (Å²) < 4.78 is 6.20. The SMILES string of the molecule is CNCc1cc(-c2ccc(OC)c(Br)c2)[nH]c1C. The van der Waals surface area contributed by atoms with Crippen LogP contribution in [-0.2, 0) is 6.54 Å². The first-order valence-electron chi connectivity index (χ1n) is 5.82. The normalized spacial score (nSPS) is 10.7. The van der Waals surface area contributed by atoms with E-state index in [1.807, 2.05) is 13.1 Å². The standard InChI is InChI=1S/C14H17BrN2O/c1-9-11(8-16-2)7-13(17-9)10-4-5-14(18-3)12(15)6-10/h4-7,16-17H,8H2,1-3H3. The van der Waals surface area contributed by atoms with Crippen LogP contribution in [0.25, 0.3) is 11.3 Å². The van der Waals surface area contributed by atoms with Gasteiger partial charge in [-0.1, -0.05) is 0 Å². The Labute approximate surface area is 116 Å². The Morgan fingerprint density at radius 3 is 2.72 bits per heavy atom. The van der Waals surface area contributed by atoms with Gasteiger partial charge in [0.15, 0.2) is 0 Å². The fourth-order valence-electron chi connectivity index (χ4n) is 1.96. The summed E-state index contributed by atoms with van der Waals surface area (Å²) in [4.78, 5) is 3.41. The van der Waals surface area contributed by atoms with Crippen LogP contribution in [0.2, 0.25) is 0 Å². The molecule has 0 saturated heterocycles. The molecule has 2 aromatic rings. The smallest absolute Gasteiger partial charge is 0.133 e. The van der Waals surface area contributed by atoms with Crippen LogP contribution in [0, 0.1) is 6.92 Å². The van der Waals surface area contributed by atoms with E-state index < -0.39 is 0 Å². The van der Waals surface area contributed by atoms with Crippen molar-refractivity contribution in [2.75, 3.05) is 14.2 Å². The number of hydrogen-bond donors (Lipinski definition) is 2. The van der Waals surface area contributed by atoms with Gasteiger partial charge in [0.25, 0.3) is 0 Å². The third-order valence-electron chi connectivity index (χ3n) is 2.95. The number of aryl methyl sites for hydroxylation is 1. The maximum atomic E-state index is 5.24. The number of hydrogen-bond acceptors (Lipinski definition) is 2. The maximum absolute atomic E-state index is 5.24. The lowest BCUT2D eigenvalue weighted by Crippen LogP contribution is -2.04. The monoisotopic (exact) mass is 308 g/mol. The van der Waals surface area contributed by atoms with Crippen LogP contribution >= 0.6 is 15.9 Å². The quantitative estimate of drug-likeness (QED) is 0.907. The van der Waals surface area contributed by atoms with Crippen molar-refractivity contribution in [2.24, 2.45) is 0 Å². The second-order valence-electron chi connectivity index (χ2n) is 4.21. The van der Waals surface area contributed by atoms with Gasteiger partial charge in [-0.2, -0.15) is 0 Å². The van der Waals surface area contributed by atoms with Gasteiger partial charge < -0.3 is 15.0 Å². The molecule has 2 N–H and O–H groups in total. The molecule has 0 aliphatic carbocycles. The molecule has 2 rings (SSSR count). The lowest BCUT2D eigenvalue weighted by Gasteiger charge is -2.05. The summed E-state index contributed by atoms with van der Waals surface area (Å²) in [6, 6.07) is 8.26. The molecule has 0 unspecified atom stereocenters. The summed E-state index contributed by atoms with van der Waals surface area (Å²) in [7, 11) is 3.62. The van der Waals surface area contributed by atoms with E-state index in [4.69, 9.17) is 4.74 Å². The third kappa shape index (κ3) is 2.60. The first-order valence-corrected chi connectivity index (χ1v) is 6.62. The van der Waals surface area contributed by atoms with Crippen LogP contribution < -0.4 is 10.1 Å². The van der Waals surface area contributed by atoms with Crippen molar-refractivity contribution < 1.29 is 4.74 Å². The molecule has 0 amide bonds. The number of rotatable bonds is 4. The topological polar surface area (TPSA) is 37.0 Å². The van der Waals surface area contributed by atoms with Crippen molar-refractivity contribution in [1.29, 1.82) is 0 Å². The largest absolute Gasteiger partial charge is 0.496 e. The number of benzene rings is 1. The number of aromatic amines is 1. The van der Waals surface area contributed by atoms with Gasteiger partial charge in [-0.3, -0.25) is 0 Å². The first-order chi connectivity index (χ1) is 8.65. The Balaban J connectivity index is 2.36. The van der Waals surface area contributed by atoms with E-state index in [0.29, 0.717) is 0 Å². The lowest BCUT2D eigenvalue weighted by atomic mass is 10.1. The molecule has 0 bridgehead atoms. The summed E-state index contributed by atoms with van der Waals surface area (Å²) >= 11 is 3.51. The Hall–Kier alpha value is -1.26. The zero-order valence-corrected chi connectivity index (χ0v) is 12.4. The van der Waals surface area contributed by atoms with Gasteiger partial charge in [0, 0.05) is 17.9 Å². The summed E-state index contributed by atoms with van der Waals surface area (Å²) in [6.07, 6.45) is 0. The van der Waals surface area contributed by atoms with Crippen molar-refractivity contribution in [3.05, 3.63) is 40.0 Å². The highest BCUT2D eigenvalue weighted by molar-refractivity contribution is 9.10. The molecule has 1 aromatic heterocycles. The van der Waals surface area contributed by atoms with Crippen LogP contribution in [0.4, 0.5) is 0 Å². The highest BCUT2D eigenvalue weighted by Crippen LogP contribution is 2.30. The van der Waals surface area contributed by atoms with Crippen LogP contribution in [0.5, 0.6) is 5.75 Å². The van der Waals surface area contributed by atoms with E-state index in [0.717, 1.165) is 28.0 Å². The number of halogens is 1. The second-order valence-corrected chi connectivity index (χ2v) is 5.07. The van der Waals surface area contributed by atoms with Gasteiger partial charge in [0.05, 0.1) is 11.6 Å². The van der Waals surface area contributed by atoms with Crippen LogP contribution in [-0.4, -0.2) is 19.1 Å². The van der Waals surface area contributed by atoms with E-state index in [1.54, 1.807) is 7.11 Å². The van der Waals surface area contributed by atoms with Crippen molar-refractivity contribution in [3.8, 4) is 17.0 Å². The predicted molar refractivity (Wildman–Crippen MR) is 78.0 cm³/mol. The summed E-state index contributed by atoms with van der Waals surface area (Å²) in [5.74, 6) is 0.845. The summed E-state index contributed by atoms with van der Waals surface area (Å²) in [5, 5.41) is 3.17. The van der Waals surface area contributed by atoms with Crippen LogP contribution in [0.3, 0.4) is 0 Å². The van der Waals surface area contributed by atoms with Crippen molar-refractivity contribution in [3.63, 3.8) is 0 Å². The zero-order chi connectivity index (χ0) is 13.1. The first kappa shape index (κ1) is 13.2. The zero-order valence-electron chi connectivity index (χ0n) is 10.8. The summed E-state index contributed by atoms with van der Waals surface area (Å²) in [5.41, 5.74) is 4.76. The average Bonchev–Trinajstić information content (AvgIpc) is 2.71.